The zero-order chi connectivity index (χ0) is 14.2. The van der Waals surface area contributed by atoms with Gasteiger partial charge in [-0.15, -0.1) is 11.3 Å². The fourth-order valence-corrected chi connectivity index (χ4v) is 4.15. The van der Waals surface area contributed by atoms with Crippen LogP contribution in [0, 0.1) is 13.8 Å². The summed E-state index contributed by atoms with van der Waals surface area (Å²) in [5.41, 5.74) is 1.70. The molecule has 4 nitrogen and oxygen atoms in total. The van der Waals surface area contributed by atoms with Crippen molar-refractivity contribution in [3.63, 3.8) is 0 Å². The molecule has 2 rings (SSSR count). The van der Waals surface area contributed by atoms with Gasteiger partial charge in [-0.2, -0.15) is 0 Å². The van der Waals surface area contributed by atoms with Crippen molar-refractivity contribution in [2.75, 3.05) is 4.72 Å². The molecule has 0 aliphatic rings. The smallest absolute Gasteiger partial charge is 0.271 e. The van der Waals surface area contributed by atoms with Crippen LogP contribution in [0.3, 0.4) is 0 Å². The summed E-state index contributed by atoms with van der Waals surface area (Å²) >= 11 is 6.73. The van der Waals surface area contributed by atoms with Crippen molar-refractivity contribution in [2.45, 2.75) is 18.1 Å². The van der Waals surface area contributed by atoms with Gasteiger partial charge < -0.3 is 5.11 Å². The quantitative estimate of drug-likeness (QED) is 0.851. The number of thiophene rings is 1. The lowest BCUT2D eigenvalue weighted by Crippen LogP contribution is -2.12. The second kappa shape index (κ2) is 5.03. The Labute approximate surface area is 120 Å². The highest BCUT2D eigenvalue weighted by atomic mass is 35.5. The Morgan fingerprint density at radius 3 is 2.47 bits per heavy atom. The molecule has 102 valence electrons. The molecule has 1 aromatic carbocycles. The zero-order valence-electron chi connectivity index (χ0n) is 10.3. The number of hydrogen-bond acceptors (Lipinski definition) is 4. The molecule has 0 saturated carbocycles. The van der Waals surface area contributed by atoms with E-state index in [4.69, 9.17) is 11.6 Å². The van der Waals surface area contributed by atoms with Gasteiger partial charge in [0.25, 0.3) is 10.0 Å². The lowest BCUT2D eigenvalue weighted by molar-refractivity contribution is 0.471. The first-order valence-electron chi connectivity index (χ1n) is 5.38. The van der Waals surface area contributed by atoms with Gasteiger partial charge in [0.15, 0.2) is 0 Å². The molecule has 0 radical (unpaired) electrons. The van der Waals surface area contributed by atoms with E-state index in [1.54, 1.807) is 19.9 Å². The predicted molar refractivity (Wildman–Crippen MR) is 77.7 cm³/mol. The van der Waals surface area contributed by atoms with Crippen LogP contribution in [0.4, 0.5) is 5.69 Å². The molecule has 1 heterocycles. The van der Waals surface area contributed by atoms with Crippen LogP contribution in [0.15, 0.2) is 28.5 Å². The van der Waals surface area contributed by atoms with E-state index in [-0.39, 0.29) is 9.96 Å². The van der Waals surface area contributed by atoms with Crippen LogP contribution in [-0.2, 0) is 10.0 Å². The van der Waals surface area contributed by atoms with Gasteiger partial charge in [-0.1, -0.05) is 11.6 Å². The first-order valence-corrected chi connectivity index (χ1v) is 8.06. The molecule has 0 aliphatic heterocycles. The number of anilines is 1. The van der Waals surface area contributed by atoms with Gasteiger partial charge in [-0.3, -0.25) is 4.72 Å². The minimum atomic E-state index is -3.64. The van der Waals surface area contributed by atoms with E-state index < -0.39 is 10.0 Å². The van der Waals surface area contributed by atoms with Crippen molar-refractivity contribution in [3.8, 4) is 5.75 Å². The summed E-state index contributed by atoms with van der Waals surface area (Å²) in [7, 11) is -3.64. The fourth-order valence-electron chi connectivity index (χ4n) is 1.55. The number of aromatic hydroxyl groups is 1. The normalized spacial score (nSPS) is 11.5. The highest BCUT2D eigenvalue weighted by molar-refractivity contribution is 7.94. The number of nitrogens with one attached hydrogen (secondary N) is 1. The van der Waals surface area contributed by atoms with E-state index in [0.29, 0.717) is 21.2 Å². The SMILES string of the molecule is Cc1cc(NS(=O)(=O)c2ccc(Cl)s2)c(C)cc1O. The minimum absolute atomic E-state index is 0.139. The summed E-state index contributed by atoms with van der Waals surface area (Å²) in [5, 5.41) is 9.55. The summed E-state index contributed by atoms with van der Waals surface area (Å²) < 4.78 is 27.4. The molecule has 0 atom stereocenters. The molecule has 0 bridgehead atoms. The van der Waals surface area contributed by atoms with E-state index in [9.17, 15) is 13.5 Å². The molecule has 7 heteroatoms. The summed E-state index contributed by atoms with van der Waals surface area (Å²) in [5.74, 6) is 0.139. The Hall–Kier alpha value is -1.24. The number of hydrogen-bond donors (Lipinski definition) is 2. The topological polar surface area (TPSA) is 66.4 Å². The average Bonchev–Trinajstić information content (AvgIpc) is 2.73. The third-order valence-corrected chi connectivity index (χ3v) is 5.69. The molecule has 1 aromatic heterocycles. The highest BCUT2D eigenvalue weighted by Gasteiger charge is 2.18. The summed E-state index contributed by atoms with van der Waals surface area (Å²) in [6, 6.07) is 6.11. The van der Waals surface area contributed by atoms with Crippen molar-refractivity contribution in [1.82, 2.24) is 0 Å². The Morgan fingerprint density at radius 1 is 1.21 bits per heavy atom. The Kier molecular flexibility index (Phi) is 3.75. The Balaban J connectivity index is 2.38. The van der Waals surface area contributed by atoms with Crippen molar-refractivity contribution in [1.29, 1.82) is 0 Å². The van der Waals surface area contributed by atoms with E-state index in [2.05, 4.69) is 4.72 Å². The van der Waals surface area contributed by atoms with Crippen LogP contribution in [0.5, 0.6) is 5.75 Å². The molecule has 0 aliphatic carbocycles. The van der Waals surface area contributed by atoms with Crippen molar-refractivity contribution in [3.05, 3.63) is 39.7 Å². The molecular weight excluding hydrogens is 306 g/mol. The number of benzene rings is 1. The van der Waals surface area contributed by atoms with Crippen LogP contribution < -0.4 is 4.72 Å². The van der Waals surface area contributed by atoms with Crippen molar-refractivity contribution < 1.29 is 13.5 Å². The predicted octanol–water partition coefficient (Wildman–Crippen LogP) is 3.52. The number of aryl methyl sites for hydroxylation is 2. The van der Waals surface area contributed by atoms with Crippen molar-refractivity contribution >= 4 is 38.6 Å². The number of rotatable bonds is 3. The maximum Gasteiger partial charge on any atom is 0.271 e. The van der Waals surface area contributed by atoms with Gasteiger partial charge in [0.1, 0.15) is 9.96 Å². The van der Waals surface area contributed by atoms with Gasteiger partial charge in [0.2, 0.25) is 0 Å². The zero-order valence-corrected chi connectivity index (χ0v) is 12.7. The average molecular weight is 318 g/mol. The number of halogens is 1. The third-order valence-electron chi connectivity index (χ3n) is 2.60. The van der Waals surface area contributed by atoms with Crippen LogP contribution in [0.2, 0.25) is 4.34 Å². The maximum absolute atomic E-state index is 12.1. The fraction of sp³-hybridized carbons (Fsp3) is 0.167. The lowest BCUT2D eigenvalue weighted by Gasteiger charge is -2.11. The van der Waals surface area contributed by atoms with Crippen LogP contribution >= 0.6 is 22.9 Å². The van der Waals surface area contributed by atoms with Crippen LogP contribution in [0.1, 0.15) is 11.1 Å². The molecule has 0 saturated heterocycles. The second-order valence-corrected chi connectivity index (χ2v) is 7.74. The number of phenolic OH excluding ortho intramolecular Hbond substituents is 1. The molecule has 19 heavy (non-hydrogen) atoms. The molecule has 2 N–H and O–H groups in total. The van der Waals surface area contributed by atoms with Gasteiger partial charge in [-0.25, -0.2) is 8.42 Å². The van der Waals surface area contributed by atoms with Gasteiger partial charge in [0.05, 0.1) is 10.0 Å². The van der Waals surface area contributed by atoms with E-state index >= 15 is 0 Å². The number of phenols is 1. The molecule has 2 aromatic rings. The first-order chi connectivity index (χ1) is 8.79. The van der Waals surface area contributed by atoms with Crippen LogP contribution in [-0.4, -0.2) is 13.5 Å². The van der Waals surface area contributed by atoms with Gasteiger partial charge in [-0.05, 0) is 49.2 Å². The minimum Gasteiger partial charge on any atom is -0.508 e. The molecular formula is C12H12ClNO3S2. The molecule has 0 spiro atoms. The monoisotopic (exact) mass is 317 g/mol. The summed E-state index contributed by atoms with van der Waals surface area (Å²) in [6.07, 6.45) is 0. The van der Waals surface area contributed by atoms with Crippen LogP contribution in [0.25, 0.3) is 0 Å². The highest BCUT2D eigenvalue weighted by Crippen LogP contribution is 2.30. The summed E-state index contributed by atoms with van der Waals surface area (Å²) in [6.45, 7) is 3.42. The first kappa shape index (κ1) is 14.2. The van der Waals surface area contributed by atoms with Crippen molar-refractivity contribution in [2.24, 2.45) is 0 Å². The summed E-state index contributed by atoms with van der Waals surface area (Å²) in [4.78, 5) is 0. The number of sulfonamides is 1. The maximum atomic E-state index is 12.1. The second-order valence-electron chi connectivity index (χ2n) is 4.12. The lowest BCUT2D eigenvalue weighted by atomic mass is 10.1. The third kappa shape index (κ3) is 3.02. The Morgan fingerprint density at radius 2 is 1.89 bits per heavy atom. The molecule has 0 amide bonds. The standard InChI is InChI=1S/C12H12ClNO3S2/c1-7-6-10(15)8(2)5-9(7)14-19(16,17)12-4-3-11(13)18-12/h3-6,14-15H,1-2H3. The van der Waals surface area contributed by atoms with E-state index in [0.717, 1.165) is 11.3 Å². The van der Waals surface area contributed by atoms with Gasteiger partial charge >= 0.3 is 0 Å². The van der Waals surface area contributed by atoms with E-state index in [1.165, 1.54) is 18.2 Å². The van der Waals surface area contributed by atoms with Gasteiger partial charge in [0, 0.05) is 0 Å². The molecule has 0 fully saturated rings. The van der Waals surface area contributed by atoms with E-state index in [1.807, 2.05) is 0 Å². The Bertz CT molecular complexity index is 723. The molecule has 0 unspecified atom stereocenters. The largest absolute Gasteiger partial charge is 0.508 e.